The first-order valence-electron chi connectivity index (χ1n) is 8.90. The number of aryl methyl sites for hydroxylation is 1. The van der Waals surface area contributed by atoms with Gasteiger partial charge in [0.25, 0.3) is 5.91 Å². The number of pyridine rings is 1. The predicted octanol–water partition coefficient (Wildman–Crippen LogP) is 3.14. The van der Waals surface area contributed by atoms with E-state index in [-0.39, 0.29) is 21.1 Å². The second-order valence-corrected chi connectivity index (χ2v) is 10.3. The number of fused-ring (bicyclic) bond motifs is 3. The van der Waals surface area contributed by atoms with Gasteiger partial charge in [-0.3, -0.25) is 9.78 Å². The van der Waals surface area contributed by atoms with Crippen LogP contribution in [0.2, 0.25) is 0 Å². The average molecular weight is 389 g/mol. The molecular formula is C18H20N4O2S2. The molecule has 26 heavy (non-hydrogen) atoms. The lowest BCUT2D eigenvalue weighted by atomic mass is 10.0. The van der Waals surface area contributed by atoms with Gasteiger partial charge in [-0.05, 0) is 67.5 Å². The predicted molar refractivity (Wildman–Crippen MR) is 101 cm³/mol. The SMILES string of the molecule is N=S(N)(=O)c1sccc1C(=O)Nc1c2c(nc3c1CCC31CC1)CCC2. The van der Waals surface area contributed by atoms with Crippen molar-refractivity contribution in [3.05, 3.63) is 39.5 Å². The molecule has 136 valence electrons. The van der Waals surface area contributed by atoms with Gasteiger partial charge >= 0.3 is 0 Å². The number of aromatic nitrogens is 1. The molecule has 0 aromatic carbocycles. The van der Waals surface area contributed by atoms with E-state index in [1.807, 2.05) is 0 Å². The minimum Gasteiger partial charge on any atom is -0.321 e. The minimum absolute atomic E-state index is 0.135. The van der Waals surface area contributed by atoms with Gasteiger partial charge in [0, 0.05) is 11.1 Å². The molecular weight excluding hydrogens is 368 g/mol. The third kappa shape index (κ3) is 2.35. The van der Waals surface area contributed by atoms with Crippen molar-refractivity contribution >= 4 is 32.8 Å². The molecule has 2 aromatic rings. The molecule has 4 N–H and O–H groups in total. The summed E-state index contributed by atoms with van der Waals surface area (Å²) in [5.41, 5.74) is 6.09. The lowest BCUT2D eigenvalue weighted by Gasteiger charge is -2.17. The molecule has 1 unspecified atom stereocenters. The summed E-state index contributed by atoms with van der Waals surface area (Å²) in [6, 6.07) is 1.60. The monoisotopic (exact) mass is 388 g/mol. The lowest BCUT2D eigenvalue weighted by molar-refractivity contribution is 0.102. The Hall–Kier alpha value is -1.77. The maximum atomic E-state index is 12.9. The van der Waals surface area contributed by atoms with Gasteiger partial charge in [0.05, 0.1) is 16.9 Å². The fraction of sp³-hybridized carbons (Fsp3) is 0.444. The third-order valence-electron chi connectivity index (χ3n) is 5.92. The van der Waals surface area contributed by atoms with E-state index in [0.717, 1.165) is 60.4 Å². The van der Waals surface area contributed by atoms with Gasteiger partial charge in [-0.15, -0.1) is 11.3 Å². The highest BCUT2D eigenvalue weighted by atomic mass is 32.2. The van der Waals surface area contributed by atoms with Gasteiger partial charge in [-0.2, -0.15) is 0 Å². The molecule has 0 radical (unpaired) electrons. The normalized spacial score (nSPS) is 21.3. The number of nitrogens with two attached hydrogens (primary N) is 1. The van der Waals surface area contributed by atoms with E-state index in [1.54, 1.807) is 11.4 Å². The number of hydrogen-bond donors (Lipinski definition) is 3. The van der Waals surface area contributed by atoms with Crippen LogP contribution in [-0.4, -0.2) is 15.1 Å². The summed E-state index contributed by atoms with van der Waals surface area (Å²) in [6.07, 6.45) is 7.43. The quantitative estimate of drug-likeness (QED) is 0.751. The highest BCUT2D eigenvalue weighted by Gasteiger charge is 2.51. The van der Waals surface area contributed by atoms with Crippen molar-refractivity contribution in [2.45, 2.75) is 54.6 Å². The molecule has 2 aromatic heterocycles. The summed E-state index contributed by atoms with van der Waals surface area (Å²) in [5, 5.41) is 10.2. The average Bonchev–Trinajstić information content (AvgIpc) is 2.96. The van der Waals surface area contributed by atoms with E-state index < -0.39 is 9.92 Å². The fourth-order valence-electron chi connectivity index (χ4n) is 4.46. The topological polar surface area (TPSA) is 109 Å². The Kier molecular flexibility index (Phi) is 3.39. The molecule has 1 saturated carbocycles. The van der Waals surface area contributed by atoms with Crippen LogP contribution >= 0.6 is 11.3 Å². The molecule has 1 amide bonds. The Morgan fingerprint density at radius 1 is 1.27 bits per heavy atom. The molecule has 0 bridgehead atoms. The van der Waals surface area contributed by atoms with E-state index in [9.17, 15) is 9.00 Å². The number of anilines is 1. The van der Waals surface area contributed by atoms with Crippen molar-refractivity contribution in [2.24, 2.45) is 5.14 Å². The maximum absolute atomic E-state index is 12.9. The smallest absolute Gasteiger partial charge is 0.257 e. The van der Waals surface area contributed by atoms with Crippen LogP contribution in [0.15, 0.2) is 15.7 Å². The van der Waals surface area contributed by atoms with Gasteiger partial charge in [-0.1, -0.05) is 0 Å². The van der Waals surface area contributed by atoms with E-state index in [0.29, 0.717) is 0 Å². The Balaban J connectivity index is 1.58. The molecule has 1 atom stereocenters. The van der Waals surface area contributed by atoms with E-state index in [2.05, 4.69) is 5.32 Å². The van der Waals surface area contributed by atoms with Crippen LogP contribution in [0.1, 0.15) is 58.6 Å². The van der Waals surface area contributed by atoms with Crippen LogP contribution in [0, 0.1) is 4.78 Å². The minimum atomic E-state index is -3.41. The Labute approximate surface area is 156 Å². The number of amides is 1. The molecule has 1 spiro atoms. The first-order chi connectivity index (χ1) is 12.4. The Morgan fingerprint density at radius 3 is 2.81 bits per heavy atom. The zero-order valence-electron chi connectivity index (χ0n) is 14.3. The van der Waals surface area contributed by atoms with Gasteiger partial charge in [0.2, 0.25) is 0 Å². The molecule has 0 aliphatic heterocycles. The number of thiophene rings is 1. The number of nitrogens with one attached hydrogen (secondary N) is 2. The number of hydrogen-bond acceptors (Lipinski definition) is 5. The second kappa shape index (κ2) is 5.37. The first kappa shape index (κ1) is 16.4. The van der Waals surface area contributed by atoms with E-state index in [4.69, 9.17) is 14.9 Å². The Bertz CT molecular complexity index is 1050. The van der Waals surface area contributed by atoms with Crippen LogP contribution in [0.5, 0.6) is 0 Å². The molecule has 0 saturated heterocycles. The standard InChI is InChI=1S/C18H20N4O2S2/c19-26(20,24)17-12(5-9-25-17)16(23)22-14-10-2-1-3-13(10)21-15-11(14)4-6-18(15)7-8-18/h5,9H,1-4,6-8H2,(H3,19,20,24)(H,21,22,23). The van der Waals surface area contributed by atoms with Crippen molar-refractivity contribution in [3.63, 3.8) is 0 Å². The maximum Gasteiger partial charge on any atom is 0.257 e. The van der Waals surface area contributed by atoms with Crippen molar-refractivity contribution in [2.75, 3.05) is 5.32 Å². The number of carbonyl (C=O) groups excluding carboxylic acids is 1. The first-order valence-corrected chi connectivity index (χ1v) is 11.4. The van der Waals surface area contributed by atoms with Crippen LogP contribution in [-0.2, 0) is 34.6 Å². The van der Waals surface area contributed by atoms with Crippen LogP contribution in [0.25, 0.3) is 0 Å². The molecule has 6 nitrogen and oxygen atoms in total. The van der Waals surface area contributed by atoms with Crippen molar-refractivity contribution in [1.29, 1.82) is 4.78 Å². The van der Waals surface area contributed by atoms with Gasteiger partial charge < -0.3 is 5.32 Å². The fourth-order valence-corrected chi connectivity index (χ4v) is 6.30. The van der Waals surface area contributed by atoms with E-state index in [1.165, 1.54) is 24.1 Å². The molecule has 1 fully saturated rings. The molecule has 2 heterocycles. The van der Waals surface area contributed by atoms with Gasteiger partial charge in [-0.25, -0.2) is 14.1 Å². The lowest BCUT2D eigenvalue weighted by Crippen LogP contribution is -2.19. The van der Waals surface area contributed by atoms with Gasteiger partial charge in [0.15, 0.2) is 0 Å². The summed E-state index contributed by atoms with van der Waals surface area (Å²) in [7, 11) is -3.41. The largest absolute Gasteiger partial charge is 0.321 e. The Morgan fingerprint density at radius 2 is 2.08 bits per heavy atom. The summed E-state index contributed by atoms with van der Waals surface area (Å²) in [6.45, 7) is 0. The van der Waals surface area contributed by atoms with E-state index >= 15 is 0 Å². The highest BCUT2D eigenvalue weighted by molar-refractivity contribution is 7.92. The zero-order valence-corrected chi connectivity index (χ0v) is 15.9. The molecule has 5 rings (SSSR count). The third-order valence-corrected chi connectivity index (χ3v) is 8.43. The molecule has 3 aliphatic rings. The van der Waals surface area contributed by atoms with Gasteiger partial charge in [0.1, 0.15) is 14.1 Å². The van der Waals surface area contributed by atoms with Crippen molar-refractivity contribution < 1.29 is 9.00 Å². The number of nitrogens with zero attached hydrogens (tertiary/aromatic N) is 1. The number of carbonyl (C=O) groups is 1. The molecule has 8 heteroatoms. The molecule has 3 aliphatic carbocycles. The van der Waals surface area contributed by atoms with Crippen LogP contribution < -0.4 is 10.5 Å². The van der Waals surface area contributed by atoms with Crippen molar-refractivity contribution in [1.82, 2.24) is 4.98 Å². The summed E-state index contributed by atoms with van der Waals surface area (Å²) in [5.74, 6) is -0.328. The summed E-state index contributed by atoms with van der Waals surface area (Å²) < 4.78 is 19.7. The summed E-state index contributed by atoms with van der Waals surface area (Å²) >= 11 is 1.09. The zero-order chi connectivity index (χ0) is 18.1. The second-order valence-electron chi connectivity index (χ2n) is 7.55. The van der Waals surface area contributed by atoms with Crippen molar-refractivity contribution in [3.8, 4) is 0 Å². The summed E-state index contributed by atoms with van der Waals surface area (Å²) in [4.78, 5) is 17.9. The number of rotatable bonds is 3. The highest BCUT2D eigenvalue weighted by Crippen LogP contribution is 2.58. The van der Waals surface area contributed by atoms with Crippen LogP contribution in [0.4, 0.5) is 5.69 Å². The van der Waals surface area contributed by atoms with Crippen LogP contribution in [0.3, 0.4) is 0 Å².